The Balaban J connectivity index is 1.88. The van der Waals surface area contributed by atoms with Gasteiger partial charge in [0.15, 0.2) is 5.13 Å². The number of nitrogens with zero attached hydrogens (tertiary/aromatic N) is 2. The maximum Gasteiger partial charge on any atom is 0.274 e. The summed E-state index contributed by atoms with van der Waals surface area (Å²) in [6.45, 7) is 4.94. The molecular weight excluding hydrogens is 354 g/mol. The Morgan fingerprint density at radius 3 is 2.84 bits per heavy atom. The van der Waals surface area contributed by atoms with Crippen LogP contribution in [0.25, 0.3) is 0 Å². The maximum atomic E-state index is 12.7. The van der Waals surface area contributed by atoms with Gasteiger partial charge in [-0.15, -0.1) is 11.3 Å². The van der Waals surface area contributed by atoms with Gasteiger partial charge in [0.1, 0.15) is 5.69 Å². The van der Waals surface area contributed by atoms with Gasteiger partial charge in [-0.2, -0.15) is 0 Å². The van der Waals surface area contributed by atoms with Gasteiger partial charge in [-0.05, 0) is 41.7 Å². The first-order valence-corrected chi connectivity index (χ1v) is 9.41. The van der Waals surface area contributed by atoms with Gasteiger partial charge >= 0.3 is 0 Å². The average Bonchev–Trinajstić information content (AvgIpc) is 3.17. The van der Waals surface area contributed by atoms with Crippen LogP contribution in [0.4, 0.5) is 5.13 Å². The molecule has 3 aromatic rings. The molecule has 0 fully saturated rings. The molecule has 2 heterocycles. The van der Waals surface area contributed by atoms with Crippen molar-refractivity contribution >= 4 is 34.0 Å². The molecule has 1 amide bonds. The highest BCUT2D eigenvalue weighted by molar-refractivity contribution is 7.13. The van der Waals surface area contributed by atoms with E-state index in [1.807, 2.05) is 40.3 Å². The van der Waals surface area contributed by atoms with Gasteiger partial charge in [0.2, 0.25) is 0 Å². The van der Waals surface area contributed by atoms with Crippen molar-refractivity contribution in [3.63, 3.8) is 0 Å². The van der Waals surface area contributed by atoms with Crippen LogP contribution in [0.15, 0.2) is 48.1 Å². The predicted molar refractivity (Wildman–Crippen MR) is 104 cm³/mol. The van der Waals surface area contributed by atoms with Crippen molar-refractivity contribution in [2.45, 2.75) is 26.8 Å². The van der Waals surface area contributed by atoms with E-state index in [9.17, 15) is 4.79 Å². The number of nitrogens with one attached hydrogen (secondary N) is 1. The predicted octanol–water partition coefficient (Wildman–Crippen LogP) is 5.10. The smallest absolute Gasteiger partial charge is 0.274 e. The lowest BCUT2D eigenvalue weighted by Gasteiger charge is -2.09. The van der Waals surface area contributed by atoms with Crippen LogP contribution < -0.4 is 5.32 Å². The van der Waals surface area contributed by atoms with Crippen molar-refractivity contribution in [2.75, 3.05) is 5.32 Å². The molecule has 2 aromatic heterocycles. The summed E-state index contributed by atoms with van der Waals surface area (Å²) in [5.74, 6) is 0.379. The Labute approximate surface area is 156 Å². The van der Waals surface area contributed by atoms with Crippen molar-refractivity contribution in [1.82, 2.24) is 9.55 Å². The second-order valence-electron chi connectivity index (χ2n) is 6.38. The first-order valence-electron chi connectivity index (χ1n) is 8.15. The number of hydrogen-bond acceptors (Lipinski definition) is 3. The summed E-state index contributed by atoms with van der Waals surface area (Å²) in [5, 5.41) is 6.00. The highest BCUT2D eigenvalue weighted by Crippen LogP contribution is 2.19. The second kappa shape index (κ2) is 7.85. The third-order valence-electron chi connectivity index (χ3n) is 3.72. The highest BCUT2D eigenvalue weighted by atomic mass is 35.5. The fraction of sp³-hybridized carbons (Fsp3) is 0.263. The first-order chi connectivity index (χ1) is 12.0. The number of halogens is 1. The van der Waals surface area contributed by atoms with Gasteiger partial charge in [0.05, 0.1) is 0 Å². The fourth-order valence-corrected chi connectivity index (χ4v) is 3.49. The van der Waals surface area contributed by atoms with Crippen LogP contribution in [0.1, 0.15) is 35.5 Å². The second-order valence-corrected chi connectivity index (χ2v) is 7.71. The molecule has 3 rings (SSSR count). The summed E-state index contributed by atoms with van der Waals surface area (Å²) in [5.41, 5.74) is 2.84. The lowest BCUT2D eigenvalue weighted by Crippen LogP contribution is -2.17. The van der Waals surface area contributed by atoms with Crippen LogP contribution in [0, 0.1) is 5.92 Å². The van der Waals surface area contributed by atoms with E-state index in [0.717, 1.165) is 17.5 Å². The van der Waals surface area contributed by atoms with E-state index in [2.05, 4.69) is 30.3 Å². The topological polar surface area (TPSA) is 46.9 Å². The molecule has 0 spiro atoms. The Kier molecular flexibility index (Phi) is 5.56. The molecule has 0 unspecified atom stereocenters. The molecule has 1 aromatic carbocycles. The standard InChI is InChI=1S/C19H20ClN3OS/c1-13(2)8-15-10-17(18(24)22-19-21-6-7-25-19)23(12-15)11-14-4-3-5-16(20)9-14/h3-7,9-10,12-13H,8,11H2,1-2H3,(H,21,22,24). The number of carbonyl (C=O) groups is 1. The monoisotopic (exact) mass is 373 g/mol. The zero-order valence-corrected chi connectivity index (χ0v) is 15.8. The van der Waals surface area contributed by atoms with Crippen molar-refractivity contribution < 1.29 is 4.79 Å². The normalized spacial score (nSPS) is 11.0. The van der Waals surface area contributed by atoms with Gasteiger partial charge in [-0.3, -0.25) is 10.1 Å². The SMILES string of the molecule is CC(C)Cc1cc(C(=O)Nc2nccs2)n(Cc2cccc(Cl)c2)c1. The third-order valence-corrected chi connectivity index (χ3v) is 4.65. The maximum absolute atomic E-state index is 12.7. The van der Waals surface area contributed by atoms with Crippen molar-refractivity contribution in [2.24, 2.45) is 5.92 Å². The molecule has 25 heavy (non-hydrogen) atoms. The summed E-state index contributed by atoms with van der Waals surface area (Å²) < 4.78 is 1.98. The molecule has 0 radical (unpaired) electrons. The van der Waals surface area contributed by atoms with Crippen LogP contribution >= 0.6 is 22.9 Å². The van der Waals surface area contributed by atoms with E-state index in [0.29, 0.717) is 28.3 Å². The molecule has 0 saturated heterocycles. The number of amides is 1. The Morgan fingerprint density at radius 1 is 1.32 bits per heavy atom. The quantitative estimate of drug-likeness (QED) is 0.653. The zero-order valence-electron chi connectivity index (χ0n) is 14.2. The molecule has 130 valence electrons. The molecule has 0 atom stereocenters. The van der Waals surface area contributed by atoms with E-state index >= 15 is 0 Å². The van der Waals surface area contributed by atoms with E-state index < -0.39 is 0 Å². The summed E-state index contributed by atoms with van der Waals surface area (Å²) in [4.78, 5) is 16.8. The van der Waals surface area contributed by atoms with Gasteiger partial charge in [0.25, 0.3) is 5.91 Å². The minimum absolute atomic E-state index is 0.146. The van der Waals surface area contributed by atoms with E-state index in [-0.39, 0.29) is 5.91 Å². The molecule has 0 saturated carbocycles. The summed E-state index contributed by atoms with van der Waals surface area (Å²) in [7, 11) is 0. The molecule has 6 heteroatoms. The Hall–Kier alpha value is -2.11. The molecule has 0 bridgehead atoms. The molecule has 0 aliphatic carbocycles. The molecule has 4 nitrogen and oxygen atoms in total. The fourth-order valence-electron chi connectivity index (χ4n) is 2.75. The van der Waals surface area contributed by atoms with Crippen LogP contribution in [-0.4, -0.2) is 15.5 Å². The molecule has 1 N–H and O–H groups in total. The van der Waals surface area contributed by atoms with Crippen LogP contribution in [0.5, 0.6) is 0 Å². The van der Waals surface area contributed by atoms with E-state index in [1.54, 1.807) is 6.20 Å². The van der Waals surface area contributed by atoms with Crippen molar-refractivity contribution in [3.05, 3.63) is 69.9 Å². The Bertz CT molecular complexity index is 855. The van der Waals surface area contributed by atoms with Crippen LogP contribution in [-0.2, 0) is 13.0 Å². The number of thiazole rings is 1. The third kappa shape index (κ3) is 4.71. The van der Waals surface area contributed by atoms with Gasteiger partial charge < -0.3 is 4.57 Å². The lowest BCUT2D eigenvalue weighted by atomic mass is 10.1. The number of carbonyl (C=O) groups excluding carboxylic acids is 1. The minimum Gasteiger partial charge on any atom is -0.339 e. The Morgan fingerprint density at radius 2 is 2.16 bits per heavy atom. The first kappa shape index (κ1) is 17.7. The number of rotatable bonds is 6. The van der Waals surface area contributed by atoms with Gasteiger partial charge in [-0.1, -0.05) is 37.6 Å². The van der Waals surface area contributed by atoms with Gasteiger partial charge in [0, 0.05) is 29.3 Å². The lowest BCUT2D eigenvalue weighted by molar-refractivity contribution is 0.101. The average molecular weight is 374 g/mol. The number of aromatic nitrogens is 2. The van der Waals surface area contributed by atoms with E-state index in [1.165, 1.54) is 11.3 Å². The summed E-state index contributed by atoms with van der Waals surface area (Å²) in [6, 6.07) is 9.67. The molecule has 0 aliphatic rings. The molecular formula is C19H20ClN3OS. The van der Waals surface area contributed by atoms with Crippen LogP contribution in [0.2, 0.25) is 5.02 Å². The van der Waals surface area contributed by atoms with Gasteiger partial charge in [-0.25, -0.2) is 4.98 Å². The largest absolute Gasteiger partial charge is 0.339 e. The minimum atomic E-state index is -0.146. The van der Waals surface area contributed by atoms with Crippen molar-refractivity contribution in [3.8, 4) is 0 Å². The van der Waals surface area contributed by atoms with Crippen molar-refractivity contribution in [1.29, 1.82) is 0 Å². The molecule has 0 aliphatic heterocycles. The number of hydrogen-bond donors (Lipinski definition) is 1. The zero-order chi connectivity index (χ0) is 17.8. The number of anilines is 1. The summed E-state index contributed by atoms with van der Waals surface area (Å²) >= 11 is 7.49. The van der Waals surface area contributed by atoms with E-state index in [4.69, 9.17) is 11.6 Å². The van der Waals surface area contributed by atoms with Crippen LogP contribution in [0.3, 0.4) is 0 Å². The summed E-state index contributed by atoms with van der Waals surface area (Å²) in [6.07, 6.45) is 4.66. The number of benzene rings is 1. The highest BCUT2D eigenvalue weighted by Gasteiger charge is 2.16.